The first-order chi connectivity index (χ1) is 15.6. The zero-order valence-corrected chi connectivity index (χ0v) is 18.3. The predicted molar refractivity (Wildman–Crippen MR) is 118 cm³/mol. The van der Waals surface area contributed by atoms with Gasteiger partial charge in [0, 0.05) is 44.7 Å². The van der Waals surface area contributed by atoms with Crippen LogP contribution in [-0.2, 0) is 21.5 Å². The highest BCUT2D eigenvalue weighted by Crippen LogP contribution is 2.45. The Morgan fingerprint density at radius 2 is 1.78 bits per heavy atom. The molecule has 0 N–H and O–H groups in total. The fraction of sp³-hybridized carbons (Fsp3) is 0.440. The molecule has 3 aliphatic heterocycles. The summed E-state index contributed by atoms with van der Waals surface area (Å²) >= 11 is 0. The maximum Gasteiger partial charge on any atom is 0.322 e. The smallest absolute Gasteiger partial charge is 0.322 e. The first kappa shape index (κ1) is 20.8. The normalized spacial score (nSPS) is 22.0. The number of amides is 1. The van der Waals surface area contributed by atoms with Gasteiger partial charge in [-0.15, -0.1) is 0 Å². The van der Waals surface area contributed by atoms with Crippen molar-refractivity contribution in [3.05, 3.63) is 53.6 Å². The van der Waals surface area contributed by atoms with Crippen molar-refractivity contribution in [2.24, 2.45) is 0 Å². The van der Waals surface area contributed by atoms with E-state index in [0.717, 1.165) is 43.1 Å². The van der Waals surface area contributed by atoms with Crippen molar-refractivity contribution in [3.8, 4) is 17.2 Å². The molecule has 7 nitrogen and oxygen atoms in total. The quantitative estimate of drug-likeness (QED) is 0.512. The number of benzene rings is 2. The number of carbonyl (C=O) groups is 2. The van der Waals surface area contributed by atoms with Gasteiger partial charge in [0.1, 0.15) is 11.2 Å². The van der Waals surface area contributed by atoms with Gasteiger partial charge >= 0.3 is 5.97 Å². The van der Waals surface area contributed by atoms with Gasteiger partial charge in [0.25, 0.3) is 0 Å². The van der Waals surface area contributed by atoms with Gasteiger partial charge in [0.15, 0.2) is 11.5 Å². The van der Waals surface area contributed by atoms with Gasteiger partial charge in [0.05, 0.1) is 0 Å². The Morgan fingerprint density at radius 1 is 1.00 bits per heavy atom. The zero-order valence-electron chi connectivity index (χ0n) is 18.3. The Labute approximate surface area is 187 Å². The van der Waals surface area contributed by atoms with E-state index in [4.69, 9.17) is 14.2 Å². The molecule has 0 saturated carbocycles. The molecule has 2 aromatic rings. The summed E-state index contributed by atoms with van der Waals surface area (Å²) < 4.78 is 16.4. The Balaban J connectivity index is 1.22. The van der Waals surface area contributed by atoms with Crippen molar-refractivity contribution in [2.75, 3.05) is 33.0 Å². The zero-order chi connectivity index (χ0) is 22.1. The van der Waals surface area contributed by atoms with Gasteiger partial charge in [-0.25, -0.2) is 0 Å². The summed E-state index contributed by atoms with van der Waals surface area (Å²) in [5.74, 6) is 1.90. The molecule has 32 heavy (non-hydrogen) atoms. The summed E-state index contributed by atoms with van der Waals surface area (Å²) in [4.78, 5) is 30.4. The number of hydrogen-bond donors (Lipinski definition) is 0. The summed E-state index contributed by atoms with van der Waals surface area (Å²) in [6.45, 7) is 6.01. The summed E-state index contributed by atoms with van der Waals surface area (Å²) in [6, 6.07) is 13.5. The van der Waals surface area contributed by atoms with Crippen LogP contribution in [0.3, 0.4) is 0 Å². The number of hydrogen-bond acceptors (Lipinski definition) is 6. The highest BCUT2D eigenvalue weighted by Gasteiger charge is 2.50. The van der Waals surface area contributed by atoms with E-state index in [-0.39, 0.29) is 25.1 Å². The molecule has 1 saturated heterocycles. The predicted octanol–water partition coefficient (Wildman–Crippen LogP) is 3.11. The third-order valence-corrected chi connectivity index (χ3v) is 6.69. The van der Waals surface area contributed by atoms with Crippen LogP contribution >= 0.6 is 0 Å². The standard InChI is InChI=1S/C25H28N2O5/c1-2-9-25(19-5-3-4-6-20(19)32-24(25)29)15-23(28)27-12-10-26(11-13-27)16-18-7-8-21-22(14-18)31-17-30-21/h3-8,14H,2,9-13,15-17H2,1H3. The molecule has 1 fully saturated rings. The SMILES string of the molecule is CCCC1(CC(=O)N2CCN(Cc3ccc4c(c3)OCO4)CC2)C(=O)Oc2ccccc21. The van der Waals surface area contributed by atoms with Gasteiger partial charge in [0.2, 0.25) is 12.7 Å². The molecule has 0 radical (unpaired) electrons. The van der Waals surface area contributed by atoms with E-state index in [1.54, 1.807) is 0 Å². The van der Waals surface area contributed by atoms with Crippen molar-refractivity contribution in [3.63, 3.8) is 0 Å². The summed E-state index contributed by atoms with van der Waals surface area (Å²) in [6.07, 6.45) is 1.58. The lowest BCUT2D eigenvalue weighted by molar-refractivity contribution is -0.144. The van der Waals surface area contributed by atoms with Crippen LogP contribution in [0.25, 0.3) is 0 Å². The van der Waals surface area contributed by atoms with E-state index in [1.807, 2.05) is 48.2 Å². The third-order valence-electron chi connectivity index (χ3n) is 6.69. The van der Waals surface area contributed by atoms with Crippen molar-refractivity contribution < 1.29 is 23.8 Å². The molecule has 1 atom stereocenters. The highest BCUT2D eigenvalue weighted by molar-refractivity contribution is 5.95. The molecular formula is C25H28N2O5. The van der Waals surface area contributed by atoms with E-state index >= 15 is 0 Å². The highest BCUT2D eigenvalue weighted by atomic mass is 16.7. The van der Waals surface area contributed by atoms with E-state index in [2.05, 4.69) is 11.0 Å². The number of esters is 1. The fourth-order valence-corrected chi connectivity index (χ4v) is 5.00. The number of nitrogens with zero attached hydrogens (tertiary/aromatic N) is 2. The molecule has 1 amide bonds. The molecule has 7 heteroatoms. The third kappa shape index (κ3) is 3.71. The monoisotopic (exact) mass is 436 g/mol. The van der Waals surface area contributed by atoms with Crippen LogP contribution in [0.1, 0.15) is 37.3 Å². The topological polar surface area (TPSA) is 68.3 Å². The second-order valence-corrected chi connectivity index (χ2v) is 8.74. The van der Waals surface area contributed by atoms with Crippen molar-refractivity contribution in [1.29, 1.82) is 0 Å². The number of para-hydroxylation sites is 1. The second-order valence-electron chi connectivity index (χ2n) is 8.74. The van der Waals surface area contributed by atoms with Crippen LogP contribution in [0.4, 0.5) is 0 Å². The Morgan fingerprint density at radius 3 is 2.59 bits per heavy atom. The summed E-state index contributed by atoms with van der Waals surface area (Å²) in [5, 5.41) is 0. The van der Waals surface area contributed by atoms with Gasteiger partial charge in [-0.2, -0.15) is 0 Å². The van der Waals surface area contributed by atoms with E-state index < -0.39 is 5.41 Å². The minimum atomic E-state index is -0.869. The van der Waals surface area contributed by atoms with Crippen LogP contribution < -0.4 is 14.2 Å². The maximum atomic E-state index is 13.3. The molecule has 0 aromatic heterocycles. The minimum Gasteiger partial charge on any atom is -0.454 e. The molecule has 3 heterocycles. The largest absolute Gasteiger partial charge is 0.454 e. The van der Waals surface area contributed by atoms with Gasteiger partial charge < -0.3 is 19.1 Å². The van der Waals surface area contributed by atoms with Gasteiger partial charge in [-0.3, -0.25) is 14.5 Å². The van der Waals surface area contributed by atoms with Gasteiger partial charge in [-0.05, 0) is 30.2 Å². The number of piperazine rings is 1. The van der Waals surface area contributed by atoms with Crippen LogP contribution in [0.5, 0.6) is 17.2 Å². The average molecular weight is 437 g/mol. The van der Waals surface area contributed by atoms with Crippen LogP contribution in [0.15, 0.2) is 42.5 Å². The summed E-state index contributed by atoms with van der Waals surface area (Å²) in [5.41, 5.74) is 1.15. The first-order valence-electron chi connectivity index (χ1n) is 11.3. The number of ether oxygens (including phenoxy) is 3. The maximum absolute atomic E-state index is 13.3. The van der Waals surface area contributed by atoms with Crippen molar-refractivity contribution >= 4 is 11.9 Å². The molecule has 5 rings (SSSR count). The Kier molecular flexibility index (Phi) is 5.51. The Bertz CT molecular complexity index is 1030. The lowest BCUT2D eigenvalue weighted by atomic mass is 9.75. The Hall–Kier alpha value is -3.06. The van der Waals surface area contributed by atoms with Crippen molar-refractivity contribution in [1.82, 2.24) is 9.80 Å². The average Bonchev–Trinajstić information content (AvgIpc) is 3.37. The molecule has 1 unspecified atom stereocenters. The number of rotatable bonds is 6. The van der Waals surface area contributed by atoms with E-state index in [9.17, 15) is 9.59 Å². The van der Waals surface area contributed by atoms with Crippen LogP contribution in [0.2, 0.25) is 0 Å². The molecule has 0 aliphatic carbocycles. The molecule has 0 bridgehead atoms. The van der Waals surface area contributed by atoms with Crippen LogP contribution in [0, 0.1) is 0 Å². The molecule has 168 valence electrons. The second kappa shape index (κ2) is 8.47. The van der Waals surface area contributed by atoms with E-state index in [0.29, 0.717) is 25.3 Å². The molecular weight excluding hydrogens is 408 g/mol. The molecule has 2 aromatic carbocycles. The minimum absolute atomic E-state index is 0.0230. The van der Waals surface area contributed by atoms with Crippen molar-refractivity contribution in [2.45, 2.75) is 38.1 Å². The number of carbonyl (C=O) groups excluding carboxylic acids is 2. The van der Waals surface area contributed by atoms with Gasteiger partial charge in [-0.1, -0.05) is 37.6 Å². The van der Waals surface area contributed by atoms with Crippen LogP contribution in [-0.4, -0.2) is 54.6 Å². The fourth-order valence-electron chi connectivity index (χ4n) is 5.00. The van der Waals surface area contributed by atoms with E-state index in [1.165, 1.54) is 5.56 Å². The molecule has 0 spiro atoms. The first-order valence-corrected chi connectivity index (χ1v) is 11.3. The lowest BCUT2D eigenvalue weighted by Crippen LogP contribution is -2.50. The number of fused-ring (bicyclic) bond motifs is 2. The lowest BCUT2D eigenvalue weighted by Gasteiger charge is -2.36. The summed E-state index contributed by atoms with van der Waals surface area (Å²) in [7, 11) is 0. The molecule has 3 aliphatic rings.